The molecule has 0 aliphatic carbocycles. The first-order chi connectivity index (χ1) is 7.77. The van der Waals surface area contributed by atoms with Crippen molar-refractivity contribution < 1.29 is 0 Å². The van der Waals surface area contributed by atoms with Crippen molar-refractivity contribution in [2.75, 3.05) is 0 Å². The molecule has 1 aromatic heterocycles. The minimum atomic E-state index is 0.00917. The van der Waals surface area contributed by atoms with Gasteiger partial charge in [-0.3, -0.25) is 8.75 Å². The number of benzene rings is 1. The number of nitrogens with zero attached hydrogens (tertiary/aromatic N) is 2. The second kappa shape index (κ2) is 4.50. The molecular formula is C12H12N2OS. The topological polar surface area (TPSA) is 45.8 Å². The third-order valence-corrected chi connectivity index (χ3v) is 3.86. The smallest absolute Gasteiger partial charge is 0.268 e. The molecule has 1 aromatic carbocycles. The lowest BCUT2D eigenvalue weighted by Crippen LogP contribution is -2.18. The fourth-order valence-electron chi connectivity index (χ4n) is 1.73. The van der Waals surface area contributed by atoms with E-state index in [0.717, 1.165) is 16.5 Å². The number of fused-ring (bicyclic) bond motifs is 1. The van der Waals surface area contributed by atoms with Crippen molar-refractivity contribution >= 4 is 21.6 Å². The Hall–Kier alpha value is -1.60. The van der Waals surface area contributed by atoms with Crippen molar-refractivity contribution in [1.29, 1.82) is 5.26 Å². The van der Waals surface area contributed by atoms with E-state index in [0.29, 0.717) is 6.42 Å². The molecule has 0 amide bonds. The zero-order chi connectivity index (χ0) is 11.5. The van der Waals surface area contributed by atoms with Gasteiger partial charge in [-0.2, -0.15) is 5.26 Å². The van der Waals surface area contributed by atoms with Crippen molar-refractivity contribution in [1.82, 2.24) is 3.96 Å². The van der Waals surface area contributed by atoms with E-state index in [1.165, 1.54) is 11.5 Å². The van der Waals surface area contributed by atoms with Crippen LogP contribution in [0.15, 0.2) is 29.1 Å². The first-order valence-electron chi connectivity index (χ1n) is 5.25. The molecule has 1 heterocycles. The largest absolute Gasteiger partial charge is 0.268 e. The van der Waals surface area contributed by atoms with E-state index in [4.69, 9.17) is 5.26 Å². The van der Waals surface area contributed by atoms with Crippen LogP contribution < -0.4 is 5.56 Å². The van der Waals surface area contributed by atoms with Crippen molar-refractivity contribution in [3.05, 3.63) is 34.6 Å². The van der Waals surface area contributed by atoms with Crippen molar-refractivity contribution in [3.8, 4) is 6.07 Å². The molecule has 2 rings (SSSR count). The molecule has 2 aromatic rings. The summed E-state index contributed by atoms with van der Waals surface area (Å²) >= 11 is 1.45. The summed E-state index contributed by atoms with van der Waals surface area (Å²) in [5.74, 6) is 0. The van der Waals surface area contributed by atoms with Gasteiger partial charge in [0.05, 0.1) is 28.6 Å². The van der Waals surface area contributed by atoms with E-state index in [-0.39, 0.29) is 11.6 Å². The van der Waals surface area contributed by atoms with Crippen LogP contribution >= 0.6 is 11.5 Å². The molecule has 0 spiro atoms. The molecule has 16 heavy (non-hydrogen) atoms. The molecule has 4 heteroatoms. The van der Waals surface area contributed by atoms with Crippen LogP contribution in [0.2, 0.25) is 0 Å². The average molecular weight is 232 g/mol. The second-order valence-electron chi connectivity index (χ2n) is 3.64. The summed E-state index contributed by atoms with van der Waals surface area (Å²) in [5.41, 5.74) is 0.0303. The number of hydrogen-bond acceptors (Lipinski definition) is 3. The lowest BCUT2D eigenvalue weighted by atomic mass is 10.2. The minimum Gasteiger partial charge on any atom is -0.268 e. The van der Waals surface area contributed by atoms with E-state index < -0.39 is 0 Å². The van der Waals surface area contributed by atoms with Crippen LogP contribution in [0.4, 0.5) is 0 Å². The Morgan fingerprint density at radius 1 is 1.50 bits per heavy atom. The van der Waals surface area contributed by atoms with E-state index in [2.05, 4.69) is 6.07 Å². The first kappa shape index (κ1) is 10.9. The summed E-state index contributed by atoms with van der Waals surface area (Å²) in [6, 6.07) is 9.71. The van der Waals surface area contributed by atoms with Gasteiger partial charge in [-0.25, -0.2) is 0 Å². The summed E-state index contributed by atoms with van der Waals surface area (Å²) in [4.78, 5) is 12.1. The van der Waals surface area contributed by atoms with Crippen LogP contribution in [0.1, 0.15) is 25.8 Å². The van der Waals surface area contributed by atoms with Gasteiger partial charge in [0.2, 0.25) is 0 Å². The third-order valence-electron chi connectivity index (χ3n) is 2.64. The maximum absolute atomic E-state index is 12.1. The highest BCUT2D eigenvalue weighted by Gasteiger charge is 2.14. The highest BCUT2D eigenvalue weighted by molar-refractivity contribution is 7.13. The Morgan fingerprint density at radius 3 is 2.88 bits per heavy atom. The van der Waals surface area contributed by atoms with E-state index >= 15 is 0 Å². The van der Waals surface area contributed by atoms with Gasteiger partial charge >= 0.3 is 0 Å². The maximum atomic E-state index is 12.1. The summed E-state index contributed by atoms with van der Waals surface area (Å²) in [6.45, 7) is 2.00. The Bertz CT molecular complexity index is 591. The molecule has 0 saturated carbocycles. The molecule has 0 saturated heterocycles. The fraction of sp³-hybridized carbons (Fsp3) is 0.333. The highest BCUT2D eigenvalue weighted by Crippen LogP contribution is 2.22. The molecule has 3 nitrogen and oxygen atoms in total. The molecule has 1 atom stereocenters. The van der Waals surface area contributed by atoms with E-state index in [1.54, 1.807) is 3.96 Å². The van der Waals surface area contributed by atoms with Gasteiger partial charge in [-0.15, -0.1) is 0 Å². The Kier molecular flexibility index (Phi) is 3.07. The normalized spacial score (nSPS) is 12.5. The molecule has 1 unspecified atom stereocenters. The fourth-order valence-corrected chi connectivity index (χ4v) is 2.89. The van der Waals surface area contributed by atoms with Crippen molar-refractivity contribution in [2.24, 2.45) is 0 Å². The van der Waals surface area contributed by atoms with Crippen LogP contribution in [0, 0.1) is 11.3 Å². The predicted molar refractivity (Wildman–Crippen MR) is 65.6 cm³/mol. The first-order valence-corrected chi connectivity index (χ1v) is 6.02. The molecule has 82 valence electrons. The van der Waals surface area contributed by atoms with Gasteiger partial charge in [0.25, 0.3) is 5.56 Å². The SMILES string of the molecule is CCC(CC#N)n1sc2ccccc2c1=O. The molecular weight excluding hydrogens is 220 g/mol. The average Bonchev–Trinajstić information content (AvgIpc) is 2.64. The predicted octanol–water partition coefficient (Wildman–Crippen LogP) is 2.93. The van der Waals surface area contributed by atoms with Gasteiger partial charge in [0, 0.05) is 0 Å². The van der Waals surface area contributed by atoms with Gasteiger partial charge in [-0.1, -0.05) is 30.6 Å². The van der Waals surface area contributed by atoms with Crippen LogP contribution in [0.5, 0.6) is 0 Å². The molecule has 0 aliphatic rings. The Labute approximate surface area is 97.7 Å². The van der Waals surface area contributed by atoms with Crippen LogP contribution in [-0.2, 0) is 0 Å². The van der Waals surface area contributed by atoms with Crippen molar-refractivity contribution in [2.45, 2.75) is 25.8 Å². The van der Waals surface area contributed by atoms with Gasteiger partial charge in [-0.05, 0) is 18.6 Å². The monoisotopic (exact) mass is 232 g/mol. The molecule has 0 aliphatic heterocycles. The number of hydrogen-bond donors (Lipinski definition) is 0. The summed E-state index contributed by atoms with van der Waals surface area (Å²) in [5, 5.41) is 9.49. The minimum absolute atomic E-state index is 0.00917. The zero-order valence-corrected chi connectivity index (χ0v) is 9.83. The van der Waals surface area contributed by atoms with Crippen LogP contribution in [-0.4, -0.2) is 3.96 Å². The second-order valence-corrected chi connectivity index (χ2v) is 4.66. The number of aromatic nitrogens is 1. The van der Waals surface area contributed by atoms with E-state index in [1.807, 2.05) is 31.2 Å². The van der Waals surface area contributed by atoms with E-state index in [9.17, 15) is 4.79 Å². The third kappa shape index (κ3) is 1.74. The number of rotatable bonds is 3. The quantitative estimate of drug-likeness (QED) is 0.816. The number of nitriles is 1. The highest BCUT2D eigenvalue weighted by atomic mass is 32.1. The lowest BCUT2D eigenvalue weighted by molar-refractivity contribution is 0.521. The van der Waals surface area contributed by atoms with Crippen LogP contribution in [0.3, 0.4) is 0 Å². The molecule has 0 bridgehead atoms. The Morgan fingerprint density at radius 2 is 2.25 bits per heavy atom. The summed E-state index contributed by atoms with van der Waals surface area (Å²) in [7, 11) is 0. The van der Waals surface area contributed by atoms with Gasteiger partial charge in [0.15, 0.2) is 0 Å². The van der Waals surface area contributed by atoms with Gasteiger partial charge < -0.3 is 0 Å². The Balaban J connectivity index is 2.57. The summed E-state index contributed by atoms with van der Waals surface area (Å²) < 4.78 is 2.72. The standard InChI is InChI=1S/C12H12N2OS/c1-2-9(7-8-13)14-12(15)10-5-3-4-6-11(10)16-14/h3-6,9H,2,7H2,1H3. The summed E-state index contributed by atoms with van der Waals surface area (Å²) in [6.07, 6.45) is 1.20. The van der Waals surface area contributed by atoms with Gasteiger partial charge in [0.1, 0.15) is 0 Å². The molecule has 0 N–H and O–H groups in total. The van der Waals surface area contributed by atoms with Crippen molar-refractivity contribution in [3.63, 3.8) is 0 Å². The molecule has 0 radical (unpaired) electrons. The van der Waals surface area contributed by atoms with Crippen LogP contribution in [0.25, 0.3) is 10.1 Å². The molecule has 0 fully saturated rings. The zero-order valence-electron chi connectivity index (χ0n) is 9.01. The lowest BCUT2D eigenvalue weighted by Gasteiger charge is -2.09. The maximum Gasteiger partial charge on any atom is 0.268 e.